The predicted octanol–water partition coefficient (Wildman–Crippen LogP) is 1.19. The molecule has 0 amide bonds. The third-order valence-electron chi connectivity index (χ3n) is 5.35. The summed E-state index contributed by atoms with van der Waals surface area (Å²) in [7, 11) is 0. The average Bonchev–Trinajstić information content (AvgIpc) is 3.16. The summed E-state index contributed by atoms with van der Waals surface area (Å²) in [5.41, 5.74) is -1.84. The fourth-order valence-corrected chi connectivity index (χ4v) is 3.75. The first kappa shape index (κ1) is 23.5. The molecule has 2 aliphatic rings. The molecule has 0 saturated carbocycles. The highest BCUT2D eigenvalue weighted by atomic mass is 19.4. The summed E-state index contributed by atoms with van der Waals surface area (Å²) < 4.78 is 55.8. The van der Waals surface area contributed by atoms with Crippen LogP contribution in [0, 0.1) is 5.92 Å². The zero-order valence-corrected chi connectivity index (χ0v) is 17.9. The van der Waals surface area contributed by atoms with Gasteiger partial charge in [0, 0.05) is 6.20 Å². The maximum absolute atomic E-state index is 12.9. The Labute approximate surface area is 187 Å². The largest absolute Gasteiger partial charge is 0.473 e. The molecule has 2 aliphatic heterocycles. The van der Waals surface area contributed by atoms with Gasteiger partial charge in [0.1, 0.15) is 30.7 Å². The topological polar surface area (TPSA) is 132 Å². The Balaban J connectivity index is 1.44. The van der Waals surface area contributed by atoms with E-state index in [0.717, 1.165) is 11.9 Å². The molecule has 0 spiro atoms. The van der Waals surface area contributed by atoms with Gasteiger partial charge in [0.15, 0.2) is 17.6 Å². The highest BCUT2D eigenvalue weighted by molar-refractivity contribution is 5.35. The molecule has 2 bridgehead atoms. The Morgan fingerprint density at radius 1 is 1.18 bits per heavy atom. The van der Waals surface area contributed by atoms with Crippen LogP contribution in [0.1, 0.15) is 25.2 Å². The van der Waals surface area contributed by atoms with E-state index in [1.54, 1.807) is 6.20 Å². The van der Waals surface area contributed by atoms with Gasteiger partial charge in [-0.15, -0.1) is 0 Å². The van der Waals surface area contributed by atoms with Crippen molar-refractivity contribution in [1.82, 2.24) is 19.9 Å². The van der Waals surface area contributed by atoms with Crippen LogP contribution < -0.4 is 10.1 Å². The average molecular weight is 471 g/mol. The molecule has 0 radical (unpaired) electrons. The third kappa shape index (κ3) is 5.00. The highest BCUT2D eigenvalue weighted by Crippen LogP contribution is 2.38. The SMILES string of the molecule is CC(C)Cc1cncc(OC[C@@]23CO[C@@H](O2)[C@H](Nc2cncc(C(F)(F)F)n2)[C@@H](O)[C@H]3O)n1. The molecule has 4 heterocycles. The summed E-state index contributed by atoms with van der Waals surface area (Å²) in [6, 6.07) is -1.09. The number of nitrogens with zero attached hydrogens (tertiary/aromatic N) is 4. The molecule has 0 aromatic carbocycles. The highest BCUT2D eigenvalue weighted by Gasteiger charge is 2.60. The quantitative estimate of drug-likeness (QED) is 0.541. The van der Waals surface area contributed by atoms with E-state index in [0.29, 0.717) is 18.5 Å². The molecular weight excluding hydrogens is 447 g/mol. The smallest absolute Gasteiger partial charge is 0.434 e. The molecule has 13 heteroatoms. The number of hydrogen-bond acceptors (Lipinski definition) is 10. The number of ether oxygens (including phenoxy) is 3. The van der Waals surface area contributed by atoms with Crippen LogP contribution in [0.2, 0.25) is 0 Å². The number of fused-ring (bicyclic) bond motifs is 2. The lowest BCUT2D eigenvalue weighted by Crippen LogP contribution is -2.64. The molecule has 2 fully saturated rings. The Kier molecular flexibility index (Phi) is 6.40. The molecule has 2 aromatic rings. The van der Waals surface area contributed by atoms with Crippen molar-refractivity contribution in [2.24, 2.45) is 5.92 Å². The van der Waals surface area contributed by atoms with Crippen molar-refractivity contribution in [1.29, 1.82) is 0 Å². The Morgan fingerprint density at radius 2 is 1.94 bits per heavy atom. The fourth-order valence-electron chi connectivity index (χ4n) is 3.75. The number of hydrogen-bond donors (Lipinski definition) is 3. The van der Waals surface area contributed by atoms with E-state index in [1.165, 1.54) is 6.20 Å². The van der Waals surface area contributed by atoms with Gasteiger partial charge in [-0.05, 0) is 12.3 Å². The number of aromatic nitrogens is 4. The van der Waals surface area contributed by atoms with Gasteiger partial charge < -0.3 is 29.7 Å². The minimum atomic E-state index is -4.68. The number of aliphatic hydroxyl groups is 2. The molecule has 0 unspecified atom stereocenters. The standard InChI is InChI=1S/C20H24F3N5O5/c1-10(2)3-11-4-24-7-14(26-11)31-8-19-9-32-18(33-19)15(16(29)17(19)30)28-13-6-25-5-12(27-13)20(21,22)23/h4-7,10,15-18,29-30H,3,8-9H2,1-2H3,(H,27,28)/t15-,16-,17-,18+,19+/m1/s1. The second-order valence-corrected chi connectivity index (χ2v) is 8.49. The molecule has 10 nitrogen and oxygen atoms in total. The summed E-state index contributed by atoms with van der Waals surface area (Å²) >= 11 is 0. The van der Waals surface area contributed by atoms with E-state index < -0.39 is 42.0 Å². The van der Waals surface area contributed by atoms with Crippen LogP contribution in [-0.4, -0.2) is 73.5 Å². The summed E-state index contributed by atoms with van der Waals surface area (Å²) in [5.74, 6) is 0.360. The van der Waals surface area contributed by atoms with E-state index in [4.69, 9.17) is 14.2 Å². The number of aliphatic hydroxyl groups excluding tert-OH is 2. The van der Waals surface area contributed by atoms with E-state index in [9.17, 15) is 23.4 Å². The van der Waals surface area contributed by atoms with Crippen molar-refractivity contribution in [2.75, 3.05) is 18.5 Å². The molecule has 2 aromatic heterocycles. The number of alkyl halides is 3. The van der Waals surface area contributed by atoms with Gasteiger partial charge in [-0.1, -0.05) is 13.8 Å². The van der Waals surface area contributed by atoms with Gasteiger partial charge >= 0.3 is 6.18 Å². The molecule has 3 N–H and O–H groups in total. The zero-order valence-electron chi connectivity index (χ0n) is 17.9. The lowest BCUT2D eigenvalue weighted by atomic mass is 9.88. The summed E-state index contributed by atoms with van der Waals surface area (Å²) in [6.45, 7) is 3.81. The maximum atomic E-state index is 12.9. The Hall–Kier alpha value is -2.61. The lowest BCUT2D eigenvalue weighted by molar-refractivity contribution is -0.222. The van der Waals surface area contributed by atoms with E-state index in [1.807, 2.05) is 13.8 Å². The van der Waals surface area contributed by atoms with Crippen molar-refractivity contribution < 1.29 is 37.6 Å². The summed E-state index contributed by atoms with van der Waals surface area (Å²) in [4.78, 5) is 15.5. The summed E-state index contributed by atoms with van der Waals surface area (Å²) in [6.07, 6.45) is -3.25. The number of anilines is 1. The van der Waals surface area contributed by atoms with E-state index in [2.05, 4.69) is 25.3 Å². The van der Waals surface area contributed by atoms with Gasteiger partial charge in [-0.3, -0.25) is 9.97 Å². The normalized spacial score (nSPS) is 29.3. The van der Waals surface area contributed by atoms with Crippen LogP contribution in [0.25, 0.3) is 0 Å². The second-order valence-electron chi connectivity index (χ2n) is 8.49. The van der Waals surface area contributed by atoms with Crippen LogP contribution in [0.4, 0.5) is 19.0 Å². The maximum Gasteiger partial charge on any atom is 0.434 e. The van der Waals surface area contributed by atoms with Crippen molar-refractivity contribution in [3.63, 3.8) is 0 Å². The minimum Gasteiger partial charge on any atom is -0.473 e. The van der Waals surface area contributed by atoms with E-state index >= 15 is 0 Å². The van der Waals surface area contributed by atoms with Crippen molar-refractivity contribution >= 4 is 5.82 Å². The van der Waals surface area contributed by atoms with Crippen molar-refractivity contribution in [3.8, 4) is 5.88 Å². The lowest BCUT2D eigenvalue weighted by Gasteiger charge is -2.42. The third-order valence-corrected chi connectivity index (χ3v) is 5.35. The predicted molar refractivity (Wildman–Crippen MR) is 106 cm³/mol. The van der Waals surface area contributed by atoms with E-state index in [-0.39, 0.29) is 24.9 Å². The van der Waals surface area contributed by atoms with Gasteiger partial charge in [-0.2, -0.15) is 13.2 Å². The summed E-state index contributed by atoms with van der Waals surface area (Å²) in [5, 5.41) is 24.1. The first-order chi connectivity index (χ1) is 15.6. The number of rotatable bonds is 7. The van der Waals surface area contributed by atoms with Crippen molar-refractivity contribution in [3.05, 3.63) is 36.2 Å². The van der Waals surface area contributed by atoms with Crippen LogP contribution in [-0.2, 0) is 22.1 Å². The molecule has 33 heavy (non-hydrogen) atoms. The number of halogens is 3. The first-order valence-corrected chi connectivity index (χ1v) is 10.3. The van der Waals surface area contributed by atoms with Crippen LogP contribution >= 0.6 is 0 Å². The van der Waals surface area contributed by atoms with Crippen LogP contribution in [0.15, 0.2) is 24.8 Å². The molecule has 180 valence electrons. The van der Waals surface area contributed by atoms with Crippen LogP contribution in [0.3, 0.4) is 0 Å². The van der Waals surface area contributed by atoms with Crippen molar-refractivity contribution in [2.45, 2.75) is 56.6 Å². The van der Waals surface area contributed by atoms with Crippen LogP contribution in [0.5, 0.6) is 5.88 Å². The monoisotopic (exact) mass is 471 g/mol. The zero-order chi connectivity index (χ0) is 23.8. The second kappa shape index (κ2) is 8.97. The first-order valence-electron chi connectivity index (χ1n) is 10.3. The van der Waals surface area contributed by atoms with Gasteiger partial charge in [-0.25, -0.2) is 9.97 Å². The molecule has 0 aliphatic carbocycles. The fraction of sp³-hybridized carbons (Fsp3) is 0.600. The van der Waals surface area contributed by atoms with Gasteiger partial charge in [0.25, 0.3) is 0 Å². The Morgan fingerprint density at radius 3 is 2.67 bits per heavy atom. The molecule has 5 atom stereocenters. The van der Waals surface area contributed by atoms with Gasteiger partial charge in [0.2, 0.25) is 5.88 Å². The molecular formula is C20H24F3N5O5. The molecule has 2 saturated heterocycles. The minimum absolute atomic E-state index is 0.110. The Bertz CT molecular complexity index is 981. The molecule has 4 rings (SSSR count). The number of nitrogens with one attached hydrogen (secondary N) is 1. The van der Waals surface area contributed by atoms with Gasteiger partial charge in [0.05, 0.1) is 30.9 Å².